The maximum absolute atomic E-state index is 5.37. The van der Waals surface area contributed by atoms with Gasteiger partial charge in [-0.15, -0.1) is 0 Å². The second-order valence-electron chi connectivity index (χ2n) is 5.07. The molecule has 0 bridgehead atoms. The molecule has 0 saturated carbocycles. The first kappa shape index (κ1) is 13.5. The highest BCUT2D eigenvalue weighted by Crippen LogP contribution is 2.26. The van der Waals surface area contributed by atoms with E-state index in [1.165, 1.54) is 0 Å². The highest BCUT2D eigenvalue weighted by molar-refractivity contribution is 5.83. The fraction of sp³-hybridized carbons (Fsp3) is 0.0556. The van der Waals surface area contributed by atoms with Gasteiger partial charge in [0.25, 0.3) is 5.89 Å². The van der Waals surface area contributed by atoms with Crippen molar-refractivity contribution in [3.63, 3.8) is 0 Å². The Morgan fingerprint density at radius 1 is 0.957 bits per heavy atom. The lowest BCUT2D eigenvalue weighted by atomic mass is 10.1. The van der Waals surface area contributed by atoms with Gasteiger partial charge in [0.15, 0.2) is 0 Å². The Labute approximate surface area is 132 Å². The number of benzene rings is 2. The van der Waals surface area contributed by atoms with Crippen LogP contribution < -0.4 is 4.74 Å². The van der Waals surface area contributed by atoms with Gasteiger partial charge in [0.05, 0.1) is 18.2 Å². The quantitative estimate of drug-likeness (QED) is 0.573. The van der Waals surface area contributed by atoms with Crippen LogP contribution in [-0.2, 0) is 0 Å². The number of ether oxygens (including phenoxy) is 1. The summed E-state index contributed by atoms with van der Waals surface area (Å²) in [6.07, 6.45) is 1.73. The summed E-state index contributed by atoms with van der Waals surface area (Å²) in [5.41, 5.74) is 2.56. The van der Waals surface area contributed by atoms with Crippen LogP contribution >= 0.6 is 0 Å². The van der Waals surface area contributed by atoms with Gasteiger partial charge in [-0.1, -0.05) is 35.5 Å². The second-order valence-corrected chi connectivity index (χ2v) is 5.07. The summed E-state index contributed by atoms with van der Waals surface area (Å²) in [5.74, 6) is 1.80. The molecular formula is C18H13N3O2. The van der Waals surface area contributed by atoms with E-state index in [4.69, 9.17) is 9.26 Å². The molecule has 0 saturated heterocycles. The summed E-state index contributed by atoms with van der Waals surface area (Å²) in [5, 5.41) is 5.03. The van der Waals surface area contributed by atoms with Crippen LogP contribution in [0.25, 0.3) is 33.7 Å². The van der Waals surface area contributed by atoms with E-state index in [2.05, 4.69) is 15.1 Å². The zero-order chi connectivity index (χ0) is 15.6. The molecule has 0 spiro atoms. The lowest BCUT2D eigenvalue weighted by Crippen LogP contribution is -1.86. The van der Waals surface area contributed by atoms with Gasteiger partial charge in [-0.2, -0.15) is 4.98 Å². The van der Waals surface area contributed by atoms with Gasteiger partial charge < -0.3 is 9.26 Å². The Hall–Kier alpha value is -3.21. The largest absolute Gasteiger partial charge is 0.497 e. The predicted octanol–water partition coefficient (Wildman–Crippen LogP) is 3.96. The number of hydrogen-bond donors (Lipinski definition) is 0. The average molecular weight is 303 g/mol. The van der Waals surface area contributed by atoms with Crippen molar-refractivity contribution in [2.24, 2.45) is 0 Å². The van der Waals surface area contributed by atoms with Gasteiger partial charge in [-0.3, -0.25) is 4.98 Å². The van der Waals surface area contributed by atoms with Crippen molar-refractivity contribution in [1.29, 1.82) is 0 Å². The van der Waals surface area contributed by atoms with E-state index in [0.717, 1.165) is 27.8 Å². The third-order valence-corrected chi connectivity index (χ3v) is 3.60. The number of aromatic nitrogens is 3. The average Bonchev–Trinajstić information content (AvgIpc) is 3.11. The first-order valence-corrected chi connectivity index (χ1v) is 7.17. The number of hydrogen-bond acceptors (Lipinski definition) is 5. The Kier molecular flexibility index (Phi) is 3.24. The molecule has 0 aliphatic heterocycles. The lowest BCUT2D eigenvalue weighted by Gasteiger charge is -2.02. The topological polar surface area (TPSA) is 61.0 Å². The third kappa shape index (κ3) is 2.53. The molecule has 5 heteroatoms. The van der Waals surface area contributed by atoms with Crippen LogP contribution in [0.4, 0.5) is 0 Å². The molecule has 4 rings (SSSR count). The first-order chi connectivity index (χ1) is 11.3. The van der Waals surface area contributed by atoms with Crippen LogP contribution in [0.5, 0.6) is 5.75 Å². The summed E-state index contributed by atoms with van der Waals surface area (Å²) >= 11 is 0. The van der Waals surface area contributed by atoms with E-state index >= 15 is 0 Å². The van der Waals surface area contributed by atoms with E-state index < -0.39 is 0 Å². The third-order valence-electron chi connectivity index (χ3n) is 3.60. The molecule has 5 nitrogen and oxygen atoms in total. The first-order valence-electron chi connectivity index (χ1n) is 7.17. The zero-order valence-electron chi connectivity index (χ0n) is 12.4. The van der Waals surface area contributed by atoms with Crippen LogP contribution in [-0.4, -0.2) is 22.2 Å². The number of pyridine rings is 1. The minimum absolute atomic E-state index is 0.453. The maximum atomic E-state index is 5.37. The normalized spacial score (nSPS) is 10.8. The summed E-state index contributed by atoms with van der Waals surface area (Å²) in [6, 6.07) is 17.4. The molecule has 23 heavy (non-hydrogen) atoms. The van der Waals surface area contributed by atoms with Gasteiger partial charge in [0.1, 0.15) is 5.75 Å². The summed E-state index contributed by atoms with van der Waals surface area (Å²) < 4.78 is 10.6. The summed E-state index contributed by atoms with van der Waals surface area (Å²) in [4.78, 5) is 8.89. The van der Waals surface area contributed by atoms with Gasteiger partial charge >= 0.3 is 0 Å². The smallest absolute Gasteiger partial charge is 0.259 e. The summed E-state index contributed by atoms with van der Waals surface area (Å²) in [6.45, 7) is 0. The fourth-order valence-corrected chi connectivity index (χ4v) is 2.39. The molecule has 4 aromatic rings. The molecule has 0 aliphatic rings. The van der Waals surface area contributed by atoms with Crippen LogP contribution in [0.3, 0.4) is 0 Å². The van der Waals surface area contributed by atoms with E-state index in [1.54, 1.807) is 13.3 Å². The second kappa shape index (κ2) is 5.53. The van der Waals surface area contributed by atoms with Crippen LogP contribution in [0.1, 0.15) is 0 Å². The van der Waals surface area contributed by atoms with E-state index in [9.17, 15) is 0 Å². The van der Waals surface area contributed by atoms with Crippen molar-refractivity contribution < 1.29 is 9.26 Å². The molecule has 2 heterocycles. The fourth-order valence-electron chi connectivity index (χ4n) is 2.39. The molecule has 2 aromatic heterocycles. The Bertz CT molecular complexity index is 964. The molecule has 0 fully saturated rings. The van der Waals surface area contributed by atoms with Gasteiger partial charge in [0, 0.05) is 23.2 Å². The number of methoxy groups -OCH3 is 1. The minimum atomic E-state index is 0.453. The standard InChI is InChI=1S/C18H13N3O2/c1-22-15-8-7-13-9-14(11-19-16(13)10-15)18-20-17(21-23-18)12-5-3-2-4-6-12/h2-11H,1H3. The molecule has 0 unspecified atom stereocenters. The van der Waals surface area contributed by atoms with Crippen molar-refractivity contribution >= 4 is 10.9 Å². The van der Waals surface area contributed by atoms with Crippen molar-refractivity contribution in [1.82, 2.24) is 15.1 Å². The number of nitrogens with zero attached hydrogens (tertiary/aromatic N) is 3. The SMILES string of the molecule is COc1ccc2cc(-c3nc(-c4ccccc4)no3)cnc2c1. The predicted molar refractivity (Wildman–Crippen MR) is 87.0 cm³/mol. The molecule has 0 amide bonds. The maximum Gasteiger partial charge on any atom is 0.259 e. The molecule has 0 N–H and O–H groups in total. The summed E-state index contributed by atoms with van der Waals surface area (Å²) in [7, 11) is 1.64. The van der Waals surface area contributed by atoms with Crippen molar-refractivity contribution in [3.8, 4) is 28.6 Å². The molecule has 112 valence electrons. The molecule has 2 aromatic carbocycles. The highest BCUT2D eigenvalue weighted by atomic mass is 16.5. The lowest BCUT2D eigenvalue weighted by molar-refractivity contribution is 0.415. The van der Waals surface area contributed by atoms with Gasteiger partial charge in [-0.05, 0) is 18.2 Å². The van der Waals surface area contributed by atoms with Crippen LogP contribution in [0, 0.1) is 0 Å². The van der Waals surface area contributed by atoms with E-state index in [1.807, 2.05) is 54.6 Å². The van der Waals surface area contributed by atoms with Crippen LogP contribution in [0.2, 0.25) is 0 Å². The number of fused-ring (bicyclic) bond motifs is 1. The van der Waals surface area contributed by atoms with Crippen molar-refractivity contribution in [2.45, 2.75) is 0 Å². The van der Waals surface area contributed by atoms with E-state index in [0.29, 0.717) is 11.7 Å². The minimum Gasteiger partial charge on any atom is -0.497 e. The van der Waals surface area contributed by atoms with Crippen molar-refractivity contribution in [2.75, 3.05) is 7.11 Å². The Balaban J connectivity index is 1.73. The number of rotatable bonds is 3. The van der Waals surface area contributed by atoms with Crippen LogP contribution in [0.15, 0.2) is 65.3 Å². The monoisotopic (exact) mass is 303 g/mol. The molecule has 0 atom stereocenters. The zero-order valence-corrected chi connectivity index (χ0v) is 12.4. The Morgan fingerprint density at radius 3 is 2.65 bits per heavy atom. The van der Waals surface area contributed by atoms with E-state index in [-0.39, 0.29) is 0 Å². The highest BCUT2D eigenvalue weighted by Gasteiger charge is 2.11. The molecule has 0 aliphatic carbocycles. The Morgan fingerprint density at radius 2 is 1.83 bits per heavy atom. The molecule has 0 radical (unpaired) electrons. The van der Waals surface area contributed by atoms with Gasteiger partial charge in [0.2, 0.25) is 5.82 Å². The van der Waals surface area contributed by atoms with Gasteiger partial charge in [-0.25, -0.2) is 0 Å². The molecular weight excluding hydrogens is 290 g/mol. The van der Waals surface area contributed by atoms with Crippen molar-refractivity contribution in [3.05, 3.63) is 60.8 Å².